The van der Waals surface area contributed by atoms with Crippen molar-refractivity contribution in [2.75, 3.05) is 5.32 Å². The first-order valence-electron chi connectivity index (χ1n) is 5.32. The first kappa shape index (κ1) is 8.65. The molecule has 15 heavy (non-hydrogen) atoms. The van der Waals surface area contributed by atoms with E-state index in [1.54, 1.807) is 0 Å². The van der Waals surface area contributed by atoms with Gasteiger partial charge in [0.2, 0.25) is 5.91 Å². The van der Waals surface area contributed by atoms with Gasteiger partial charge in [-0.05, 0) is 31.4 Å². The Morgan fingerprint density at radius 2 is 2.20 bits per heavy atom. The summed E-state index contributed by atoms with van der Waals surface area (Å²) in [4.78, 5) is 16.5. The number of nitrogens with one attached hydrogen (secondary N) is 1. The number of benzene rings is 1. The second-order valence-electron chi connectivity index (χ2n) is 4.05. The number of hydrogen-bond acceptors (Lipinski definition) is 2. The molecule has 1 unspecified atom stereocenters. The maximum Gasteiger partial charge on any atom is 0.233 e. The summed E-state index contributed by atoms with van der Waals surface area (Å²) in [5, 5.41) is 2.94. The Balaban J connectivity index is 2.13. The maximum atomic E-state index is 11.9. The lowest BCUT2D eigenvalue weighted by atomic mass is 10.1. The van der Waals surface area contributed by atoms with Gasteiger partial charge in [-0.1, -0.05) is 12.1 Å². The summed E-state index contributed by atoms with van der Waals surface area (Å²) < 4.78 is 0. The number of hydrogen-bond donors (Lipinski definition) is 1. The summed E-state index contributed by atoms with van der Waals surface area (Å²) >= 11 is 0. The maximum absolute atomic E-state index is 11.9. The molecular weight excluding hydrogens is 188 g/mol. The monoisotopic (exact) mass is 200 g/mol. The molecule has 0 spiro atoms. The molecule has 1 heterocycles. The molecule has 1 aromatic carbocycles. The van der Waals surface area contributed by atoms with Crippen molar-refractivity contribution in [3.8, 4) is 0 Å². The molecule has 3 heteroatoms. The van der Waals surface area contributed by atoms with E-state index < -0.39 is 0 Å². The standard InChI is InChI=1S/C12H12N2O/c15-12-8-4-3-7-9(8)13-10-5-1-2-6-11(10)14-12/h1-2,5-6,8H,3-4,7H2,(H,14,15). The Hall–Kier alpha value is -1.64. The lowest BCUT2D eigenvalue weighted by molar-refractivity contribution is -0.117. The Morgan fingerprint density at radius 1 is 1.33 bits per heavy atom. The molecule has 1 fully saturated rings. The van der Waals surface area contributed by atoms with Gasteiger partial charge in [0.05, 0.1) is 17.3 Å². The van der Waals surface area contributed by atoms with Crippen molar-refractivity contribution in [2.45, 2.75) is 19.3 Å². The molecule has 76 valence electrons. The van der Waals surface area contributed by atoms with Gasteiger partial charge in [0.15, 0.2) is 0 Å². The molecule has 1 N–H and O–H groups in total. The van der Waals surface area contributed by atoms with Crippen LogP contribution in [0.2, 0.25) is 0 Å². The van der Waals surface area contributed by atoms with Crippen molar-refractivity contribution in [2.24, 2.45) is 10.9 Å². The van der Waals surface area contributed by atoms with E-state index in [9.17, 15) is 4.79 Å². The third-order valence-electron chi connectivity index (χ3n) is 3.07. The normalized spacial score (nSPS) is 23.6. The quantitative estimate of drug-likeness (QED) is 0.686. The second kappa shape index (κ2) is 3.19. The minimum absolute atomic E-state index is 0.0115. The van der Waals surface area contributed by atoms with Crippen LogP contribution in [0.15, 0.2) is 29.3 Å². The van der Waals surface area contributed by atoms with Crippen LogP contribution in [0.25, 0.3) is 0 Å². The van der Waals surface area contributed by atoms with Crippen molar-refractivity contribution in [1.29, 1.82) is 0 Å². The summed E-state index contributed by atoms with van der Waals surface area (Å²) in [6.07, 6.45) is 2.99. The summed E-state index contributed by atoms with van der Waals surface area (Å²) in [6, 6.07) is 7.71. The summed E-state index contributed by atoms with van der Waals surface area (Å²) in [6.45, 7) is 0. The smallest absolute Gasteiger partial charge is 0.233 e. The van der Waals surface area contributed by atoms with E-state index in [1.165, 1.54) is 0 Å². The van der Waals surface area contributed by atoms with Crippen molar-refractivity contribution >= 4 is 23.0 Å². The van der Waals surface area contributed by atoms with Gasteiger partial charge in [-0.3, -0.25) is 9.79 Å². The van der Waals surface area contributed by atoms with Crippen molar-refractivity contribution in [3.63, 3.8) is 0 Å². The van der Waals surface area contributed by atoms with Gasteiger partial charge in [-0.25, -0.2) is 0 Å². The molecule has 1 saturated carbocycles. The summed E-state index contributed by atoms with van der Waals surface area (Å²) in [7, 11) is 0. The van der Waals surface area contributed by atoms with Gasteiger partial charge < -0.3 is 5.32 Å². The molecule has 1 aliphatic carbocycles. The Kier molecular flexibility index (Phi) is 1.84. The topological polar surface area (TPSA) is 41.5 Å². The largest absolute Gasteiger partial charge is 0.324 e. The number of nitrogens with zero attached hydrogens (tertiary/aromatic N) is 1. The minimum atomic E-state index is 0.0115. The van der Waals surface area contributed by atoms with Crippen molar-refractivity contribution in [3.05, 3.63) is 24.3 Å². The number of para-hydroxylation sites is 2. The third-order valence-corrected chi connectivity index (χ3v) is 3.07. The molecule has 1 aliphatic heterocycles. The molecule has 0 aromatic heterocycles. The SMILES string of the molecule is O=C1Nc2ccccc2N=C2CCCC12. The van der Waals surface area contributed by atoms with E-state index in [-0.39, 0.29) is 11.8 Å². The Morgan fingerprint density at radius 3 is 3.13 bits per heavy atom. The number of amides is 1. The number of rotatable bonds is 0. The fourth-order valence-electron chi connectivity index (χ4n) is 2.30. The molecular formula is C12H12N2O. The van der Waals surface area contributed by atoms with Gasteiger partial charge in [0, 0.05) is 5.71 Å². The zero-order valence-corrected chi connectivity index (χ0v) is 8.36. The lowest BCUT2D eigenvalue weighted by Gasteiger charge is -2.07. The predicted molar refractivity (Wildman–Crippen MR) is 59.5 cm³/mol. The average molecular weight is 200 g/mol. The molecule has 1 amide bonds. The van der Waals surface area contributed by atoms with Crippen molar-refractivity contribution in [1.82, 2.24) is 0 Å². The molecule has 0 bridgehead atoms. The fourth-order valence-corrected chi connectivity index (χ4v) is 2.30. The van der Waals surface area contributed by atoms with E-state index in [0.717, 1.165) is 36.3 Å². The number of carbonyl (C=O) groups is 1. The molecule has 3 nitrogen and oxygen atoms in total. The van der Waals surface area contributed by atoms with Crippen LogP contribution in [0, 0.1) is 5.92 Å². The number of aliphatic imine (C=N–C) groups is 1. The number of fused-ring (bicyclic) bond motifs is 2. The lowest BCUT2D eigenvalue weighted by Crippen LogP contribution is -2.24. The van der Waals surface area contributed by atoms with Gasteiger partial charge >= 0.3 is 0 Å². The average Bonchev–Trinajstić information content (AvgIpc) is 2.64. The highest BCUT2D eigenvalue weighted by Gasteiger charge is 2.31. The molecule has 1 aromatic rings. The van der Waals surface area contributed by atoms with Crippen LogP contribution in [0.5, 0.6) is 0 Å². The number of anilines is 1. The highest BCUT2D eigenvalue weighted by atomic mass is 16.1. The fraction of sp³-hybridized carbons (Fsp3) is 0.333. The van der Waals surface area contributed by atoms with Crippen LogP contribution >= 0.6 is 0 Å². The number of carbonyl (C=O) groups excluding carboxylic acids is 1. The molecule has 3 rings (SSSR count). The molecule has 0 radical (unpaired) electrons. The van der Waals surface area contributed by atoms with E-state index in [2.05, 4.69) is 10.3 Å². The van der Waals surface area contributed by atoms with E-state index >= 15 is 0 Å². The van der Waals surface area contributed by atoms with E-state index in [4.69, 9.17) is 0 Å². The minimum Gasteiger partial charge on any atom is -0.324 e. The second-order valence-corrected chi connectivity index (χ2v) is 4.05. The Bertz CT molecular complexity index is 451. The predicted octanol–water partition coefficient (Wildman–Crippen LogP) is 2.51. The van der Waals surface area contributed by atoms with Crippen LogP contribution in [0.3, 0.4) is 0 Å². The van der Waals surface area contributed by atoms with Gasteiger partial charge in [-0.15, -0.1) is 0 Å². The van der Waals surface area contributed by atoms with Crippen LogP contribution in [0.1, 0.15) is 19.3 Å². The first-order chi connectivity index (χ1) is 7.34. The highest BCUT2D eigenvalue weighted by molar-refractivity contribution is 6.13. The highest BCUT2D eigenvalue weighted by Crippen LogP contribution is 2.34. The zero-order chi connectivity index (χ0) is 10.3. The van der Waals surface area contributed by atoms with Gasteiger partial charge in [0.25, 0.3) is 0 Å². The Labute approximate surface area is 88.2 Å². The van der Waals surface area contributed by atoms with Crippen LogP contribution < -0.4 is 5.32 Å². The zero-order valence-electron chi connectivity index (χ0n) is 8.36. The molecule has 1 atom stereocenters. The molecule has 2 aliphatic rings. The van der Waals surface area contributed by atoms with Gasteiger partial charge in [0.1, 0.15) is 0 Å². The van der Waals surface area contributed by atoms with Crippen molar-refractivity contribution < 1.29 is 4.79 Å². The summed E-state index contributed by atoms with van der Waals surface area (Å²) in [5.41, 5.74) is 2.78. The van der Waals surface area contributed by atoms with E-state index in [1.807, 2.05) is 24.3 Å². The first-order valence-corrected chi connectivity index (χ1v) is 5.32. The summed E-state index contributed by atoms with van der Waals surface area (Å²) in [5.74, 6) is 0.119. The molecule has 0 saturated heterocycles. The van der Waals surface area contributed by atoms with Gasteiger partial charge in [-0.2, -0.15) is 0 Å². The van der Waals surface area contributed by atoms with Crippen LogP contribution in [0.4, 0.5) is 11.4 Å². The third kappa shape index (κ3) is 1.35. The van der Waals surface area contributed by atoms with E-state index in [0.29, 0.717) is 0 Å². The van der Waals surface area contributed by atoms with Crippen LogP contribution in [-0.2, 0) is 4.79 Å². The van der Waals surface area contributed by atoms with Crippen LogP contribution in [-0.4, -0.2) is 11.6 Å².